The Kier molecular flexibility index (Phi) is 7.34. The number of hydrogen-bond acceptors (Lipinski definition) is 5. The van der Waals surface area contributed by atoms with Crippen molar-refractivity contribution in [3.63, 3.8) is 0 Å². The van der Waals surface area contributed by atoms with Crippen LogP contribution in [-0.4, -0.2) is 53.0 Å². The van der Waals surface area contributed by atoms with Crippen molar-refractivity contribution in [2.45, 2.75) is 44.8 Å². The Morgan fingerprint density at radius 2 is 1.76 bits per heavy atom. The lowest BCUT2D eigenvalue weighted by molar-refractivity contribution is -0.137. The molecule has 0 radical (unpaired) electrons. The summed E-state index contributed by atoms with van der Waals surface area (Å²) in [6.07, 6.45) is 2.38. The molecule has 1 amide bonds. The minimum absolute atomic E-state index is 0.118. The van der Waals surface area contributed by atoms with E-state index < -0.39 is 23.5 Å². The minimum Gasteiger partial charge on any atom is -0.341 e. The van der Waals surface area contributed by atoms with E-state index in [4.69, 9.17) is 9.97 Å². The summed E-state index contributed by atoms with van der Waals surface area (Å²) in [5.74, 6) is -0.883. The number of rotatable bonds is 5. The number of aryl methyl sites for hydroxylation is 1. The first-order valence-corrected chi connectivity index (χ1v) is 12.8. The van der Waals surface area contributed by atoms with E-state index in [0.29, 0.717) is 23.7 Å². The van der Waals surface area contributed by atoms with E-state index in [0.717, 1.165) is 66.8 Å². The van der Waals surface area contributed by atoms with Gasteiger partial charge in [0.15, 0.2) is 0 Å². The maximum absolute atomic E-state index is 14.0. The van der Waals surface area contributed by atoms with Crippen LogP contribution in [0.25, 0.3) is 17.0 Å². The van der Waals surface area contributed by atoms with Gasteiger partial charge in [-0.15, -0.1) is 0 Å². The molecule has 0 saturated carbocycles. The summed E-state index contributed by atoms with van der Waals surface area (Å²) < 4.78 is 52.2. The first-order valence-electron chi connectivity index (χ1n) is 12.8. The molecule has 0 atom stereocenters. The number of aromatic nitrogens is 2. The van der Waals surface area contributed by atoms with E-state index in [2.05, 4.69) is 15.1 Å². The third-order valence-electron chi connectivity index (χ3n) is 7.29. The quantitative estimate of drug-likeness (QED) is 0.335. The lowest BCUT2D eigenvalue weighted by Gasteiger charge is -2.36. The van der Waals surface area contributed by atoms with Gasteiger partial charge in [0, 0.05) is 41.8 Å². The number of anilines is 2. The predicted molar refractivity (Wildman–Crippen MR) is 139 cm³/mol. The van der Waals surface area contributed by atoms with Crippen molar-refractivity contribution in [2.75, 3.05) is 36.4 Å². The number of hydrogen-bond donors (Lipinski definition) is 1. The van der Waals surface area contributed by atoms with Crippen molar-refractivity contribution < 1.29 is 22.4 Å². The fourth-order valence-corrected chi connectivity index (χ4v) is 5.21. The third-order valence-corrected chi connectivity index (χ3v) is 7.29. The van der Waals surface area contributed by atoms with Gasteiger partial charge in [0.05, 0.1) is 16.8 Å². The van der Waals surface area contributed by atoms with Gasteiger partial charge in [0.1, 0.15) is 5.82 Å². The molecule has 2 aromatic carbocycles. The van der Waals surface area contributed by atoms with Gasteiger partial charge in [-0.2, -0.15) is 13.2 Å². The third kappa shape index (κ3) is 5.80. The second-order valence-electron chi connectivity index (χ2n) is 9.86. The summed E-state index contributed by atoms with van der Waals surface area (Å²) in [7, 11) is 0. The molecule has 0 unspecified atom stereocenters. The van der Waals surface area contributed by atoms with Crippen molar-refractivity contribution in [3.05, 3.63) is 65.1 Å². The number of carbonyl (C=O) groups excluding carboxylic acids is 1. The summed E-state index contributed by atoms with van der Waals surface area (Å²) >= 11 is 0. The molecule has 0 spiro atoms. The molecule has 0 aliphatic carbocycles. The van der Waals surface area contributed by atoms with Crippen LogP contribution in [0.15, 0.2) is 42.5 Å². The van der Waals surface area contributed by atoms with Crippen molar-refractivity contribution in [1.82, 2.24) is 14.9 Å². The number of alkyl halides is 3. The average Bonchev–Trinajstić information content (AvgIpc) is 3.43. The van der Waals surface area contributed by atoms with Gasteiger partial charge in [0.2, 0.25) is 11.9 Å². The normalized spacial score (nSPS) is 17.6. The molecule has 6 nitrogen and oxygen atoms in total. The number of fused-ring (bicyclic) bond motifs is 1. The second-order valence-corrected chi connectivity index (χ2v) is 9.86. The van der Waals surface area contributed by atoms with Crippen LogP contribution in [0.1, 0.15) is 42.5 Å². The van der Waals surface area contributed by atoms with Gasteiger partial charge in [0.25, 0.3) is 0 Å². The van der Waals surface area contributed by atoms with Crippen LogP contribution in [0, 0.1) is 12.7 Å². The van der Waals surface area contributed by atoms with E-state index >= 15 is 0 Å². The number of nitrogens with one attached hydrogen (secondary N) is 1. The lowest BCUT2D eigenvalue weighted by atomic mass is 10.0. The molecule has 3 heterocycles. The molecule has 1 N–H and O–H groups in total. The Morgan fingerprint density at radius 1 is 1.03 bits per heavy atom. The fraction of sp³-hybridized carbons (Fsp3) is 0.393. The molecule has 2 aliphatic heterocycles. The molecule has 2 aliphatic rings. The molecular weight excluding hydrogens is 498 g/mol. The van der Waals surface area contributed by atoms with Crippen LogP contribution < -0.4 is 10.2 Å². The maximum Gasteiger partial charge on any atom is 0.416 e. The monoisotopic (exact) mass is 527 g/mol. The highest BCUT2D eigenvalue weighted by Gasteiger charge is 2.31. The van der Waals surface area contributed by atoms with E-state index in [-0.39, 0.29) is 5.56 Å². The predicted octanol–water partition coefficient (Wildman–Crippen LogP) is 5.81. The smallest absolute Gasteiger partial charge is 0.341 e. The molecular formula is C28H29F4N5O. The standard InChI is InChI=1S/C28H29F4N5O/c1-18-23-17-21(34-26(38)9-5-19-4-6-20(16-24(19)29)28(30,31)32)7-8-25(23)35-27(33-18)37-14-10-22(11-15-37)36-12-2-3-13-36/h4-9,16-17,22H,2-3,10-15H2,1H3,(H,34,38). The van der Waals surface area contributed by atoms with Crippen molar-refractivity contribution in [2.24, 2.45) is 0 Å². The van der Waals surface area contributed by atoms with Gasteiger partial charge in [-0.25, -0.2) is 14.4 Å². The topological polar surface area (TPSA) is 61.4 Å². The molecule has 38 heavy (non-hydrogen) atoms. The molecule has 10 heteroatoms. The van der Waals surface area contributed by atoms with Crippen LogP contribution >= 0.6 is 0 Å². The number of likely N-dealkylation sites (tertiary alicyclic amines) is 1. The lowest BCUT2D eigenvalue weighted by Crippen LogP contribution is -2.44. The zero-order valence-corrected chi connectivity index (χ0v) is 21.1. The Balaban J connectivity index is 1.24. The van der Waals surface area contributed by atoms with Gasteiger partial charge in [-0.1, -0.05) is 6.07 Å². The van der Waals surface area contributed by atoms with E-state index in [9.17, 15) is 22.4 Å². The molecule has 2 saturated heterocycles. The highest BCUT2D eigenvalue weighted by atomic mass is 19.4. The number of piperidine rings is 1. The zero-order valence-electron chi connectivity index (χ0n) is 21.1. The molecule has 2 fully saturated rings. The van der Waals surface area contributed by atoms with Crippen LogP contribution in [0.4, 0.5) is 29.2 Å². The second kappa shape index (κ2) is 10.7. The van der Waals surface area contributed by atoms with Crippen LogP contribution in [-0.2, 0) is 11.0 Å². The summed E-state index contributed by atoms with van der Waals surface area (Å²) in [4.78, 5) is 26.7. The van der Waals surface area contributed by atoms with Crippen LogP contribution in [0.2, 0.25) is 0 Å². The Labute approximate surface area is 218 Å². The highest BCUT2D eigenvalue weighted by molar-refractivity contribution is 6.03. The number of halogens is 4. The molecule has 0 bridgehead atoms. The summed E-state index contributed by atoms with van der Waals surface area (Å²) in [6.45, 7) is 6.16. The summed E-state index contributed by atoms with van der Waals surface area (Å²) in [5, 5.41) is 3.50. The van der Waals surface area contributed by atoms with E-state index in [1.54, 1.807) is 12.1 Å². The first kappa shape index (κ1) is 26.1. The SMILES string of the molecule is Cc1nc(N2CCC(N3CCCC3)CC2)nc2ccc(NC(=O)C=Cc3ccc(C(F)(F)F)cc3F)cc12. The first-order chi connectivity index (χ1) is 18.2. The number of amides is 1. The zero-order chi connectivity index (χ0) is 26.9. The number of nitrogens with zero attached hydrogens (tertiary/aromatic N) is 4. The Hall–Kier alpha value is -3.53. The molecule has 1 aromatic heterocycles. The van der Waals surface area contributed by atoms with Crippen LogP contribution in [0.3, 0.4) is 0 Å². The van der Waals surface area contributed by atoms with Gasteiger partial charge in [-0.05, 0) is 82.1 Å². The fourth-order valence-electron chi connectivity index (χ4n) is 5.21. The minimum atomic E-state index is -4.64. The van der Waals surface area contributed by atoms with Crippen molar-refractivity contribution >= 4 is 34.5 Å². The van der Waals surface area contributed by atoms with Crippen molar-refractivity contribution in [3.8, 4) is 0 Å². The molecule has 5 rings (SSSR count). The van der Waals surface area contributed by atoms with Gasteiger partial charge < -0.3 is 15.1 Å². The maximum atomic E-state index is 14.0. The van der Waals surface area contributed by atoms with E-state index in [1.165, 1.54) is 25.9 Å². The van der Waals surface area contributed by atoms with Gasteiger partial charge >= 0.3 is 6.18 Å². The molecule has 200 valence electrons. The number of benzene rings is 2. The molecule has 3 aromatic rings. The van der Waals surface area contributed by atoms with Crippen molar-refractivity contribution in [1.29, 1.82) is 0 Å². The largest absolute Gasteiger partial charge is 0.416 e. The van der Waals surface area contributed by atoms with Gasteiger partial charge in [-0.3, -0.25) is 4.79 Å². The highest BCUT2D eigenvalue weighted by Crippen LogP contribution is 2.31. The van der Waals surface area contributed by atoms with E-state index in [1.807, 2.05) is 13.0 Å². The number of carbonyl (C=O) groups is 1. The Morgan fingerprint density at radius 3 is 2.45 bits per heavy atom. The average molecular weight is 528 g/mol. The summed E-state index contributed by atoms with van der Waals surface area (Å²) in [6, 6.07) is 8.14. The van der Waals surface area contributed by atoms with Crippen LogP contribution in [0.5, 0.6) is 0 Å². The summed E-state index contributed by atoms with van der Waals surface area (Å²) in [5.41, 5.74) is 0.874. The Bertz CT molecular complexity index is 1360.